The van der Waals surface area contributed by atoms with Crippen molar-refractivity contribution in [1.29, 1.82) is 0 Å². The Labute approximate surface area is 92.7 Å². The van der Waals surface area contributed by atoms with Gasteiger partial charge in [0.15, 0.2) is 5.16 Å². The summed E-state index contributed by atoms with van der Waals surface area (Å²) in [5.41, 5.74) is 0. The van der Waals surface area contributed by atoms with E-state index in [2.05, 4.69) is 9.55 Å². The van der Waals surface area contributed by atoms with Crippen LogP contribution >= 0.6 is 11.8 Å². The normalized spacial score (nSPS) is 17.1. The van der Waals surface area contributed by atoms with E-state index in [1.165, 1.54) is 37.4 Å². The van der Waals surface area contributed by atoms with Crippen LogP contribution in [0.25, 0.3) is 0 Å². The maximum absolute atomic E-state index is 10.5. The topological polar surface area (TPSA) is 55.1 Å². The van der Waals surface area contributed by atoms with E-state index in [0.717, 1.165) is 5.16 Å². The third-order valence-electron chi connectivity index (χ3n) is 2.68. The first-order chi connectivity index (χ1) is 7.27. The Bertz CT molecular complexity index is 345. The average molecular weight is 226 g/mol. The lowest BCUT2D eigenvalue weighted by Crippen LogP contribution is -2.06. The number of rotatable bonds is 4. The molecular formula is C10H14N2O2S. The standard InChI is InChI=1S/C10H14N2O2S/c13-9(14)7-15-10-11-5-6-12(10)8-3-1-2-4-8/h5-6,8H,1-4,7H2,(H,13,14). The Morgan fingerprint density at radius 1 is 1.60 bits per heavy atom. The quantitative estimate of drug-likeness (QED) is 0.799. The highest BCUT2D eigenvalue weighted by molar-refractivity contribution is 7.99. The van der Waals surface area contributed by atoms with Gasteiger partial charge in [0.1, 0.15) is 0 Å². The number of hydrogen-bond acceptors (Lipinski definition) is 3. The van der Waals surface area contributed by atoms with Crippen LogP contribution in [0, 0.1) is 0 Å². The van der Waals surface area contributed by atoms with Crippen LogP contribution in [0.4, 0.5) is 0 Å². The zero-order valence-electron chi connectivity index (χ0n) is 8.43. The van der Waals surface area contributed by atoms with E-state index >= 15 is 0 Å². The van der Waals surface area contributed by atoms with Gasteiger partial charge in [-0.3, -0.25) is 4.79 Å². The lowest BCUT2D eigenvalue weighted by atomic mass is 10.2. The molecule has 0 aromatic carbocycles. The Balaban J connectivity index is 2.04. The zero-order valence-corrected chi connectivity index (χ0v) is 9.24. The molecule has 0 radical (unpaired) electrons. The van der Waals surface area contributed by atoms with E-state index in [0.29, 0.717) is 6.04 Å². The van der Waals surface area contributed by atoms with E-state index in [-0.39, 0.29) is 5.75 Å². The van der Waals surface area contributed by atoms with Gasteiger partial charge in [-0.15, -0.1) is 0 Å². The van der Waals surface area contributed by atoms with Crippen LogP contribution < -0.4 is 0 Å². The Hall–Kier alpha value is -0.970. The van der Waals surface area contributed by atoms with Crippen LogP contribution in [-0.4, -0.2) is 26.4 Å². The van der Waals surface area contributed by atoms with Gasteiger partial charge in [0.05, 0.1) is 5.75 Å². The summed E-state index contributed by atoms with van der Waals surface area (Å²) in [5, 5.41) is 9.45. The molecular weight excluding hydrogens is 212 g/mol. The minimum absolute atomic E-state index is 0.0870. The third kappa shape index (κ3) is 2.53. The maximum Gasteiger partial charge on any atom is 0.313 e. The molecule has 2 rings (SSSR count). The molecule has 1 aromatic rings. The minimum Gasteiger partial charge on any atom is -0.481 e. The molecule has 82 valence electrons. The zero-order chi connectivity index (χ0) is 10.7. The van der Waals surface area contributed by atoms with Crippen LogP contribution in [0.5, 0.6) is 0 Å². The summed E-state index contributed by atoms with van der Waals surface area (Å²) < 4.78 is 2.13. The molecule has 0 saturated heterocycles. The molecule has 15 heavy (non-hydrogen) atoms. The number of thioether (sulfide) groups is 1. The summed E-state index contributed by atoms with van der Waals surface area (Å²) in [4.78, 5) is 14.7. The number of nitrogens with zero attached hydrogens (tertiary/aromatic N) is 2. The smallest absolute Gasteiger partial charge is 0.313 e. The van der Waals surface area contributed by atoms with Gasteiger partial charge in [-0.1, -0.05) is 24.6 Å². The molecule has 5 heteroatoms. The van der Waals surface area contributed by atoms with Crippen LogP contribution in [0.1, 0.15) is 31.7 Å². The molecule has 1 aliphatic rings. The number of carboxylic acids is 1. The van der Waals surface area contributed by atoms with Crippen molar-refractivity contribution in [2.45, 2.75) is 36.9 Å². The van der Waals surface area contributed by atoms with Crippen molar-refractivity contribution in [3.8, 4) is 0 Å². The Kier molecular flexibility index (Phi) is 3.30. The molecule has 0 aliphatic heterocycles. The summed E-state index contributed by atoms with van der Waals surface area (Å²) >= 11 is 1.30. The van der Waals surface area contributed by atoms with Gasteiger partial charge in [0, 0.05) is 18.4 Å². The van der Waals surface area contributed by atoms with Gasteiger partial charge in [-0.2, -0.15) is 0 Å². The average Bonchev–Trinajstić information content (AvgIpc) is 2.85. The lowest BCUT2D eigenvalue weighted by Gasteiger charge is -2.13. The van der Waals surface area contributed by atoms with Crippen molar-refractivity contribution >= 4 is 17.7 Å². The van der Waals surface area contributed by atoms with Gasteiger partial charge >= 0.3 is 5.97 Å². The van der Waals surface area contributed by atoms with Gasteiger partial charge in [-0.25, -0.2) is 4.98 Å². The van der Waals surface area contributed by atoms with Crippen molar-refractivity contribution < 1.29 is 9.90 Å². The fraction of sp³-hybridized carbons (Fsp3) is 0.600. The van der Waals surface area contributed by atoms with E-state index in [1.54, 1.807) is 6.20 Å². The summed E-state index contributed by atoms with van der Waals surface area (Å²) in [6.07, 6.45) is 8.63. The lowest BCUT2D eigenvalue weighted by molar-refractivity contribution is -0.133. The molecule has 0 bridgehead atoms. The highest BCUT2D eigenvalue weighted by Crippen LogP contribution is 2.32. The molecule has 1 heterocycles. The fourth-order valence-electron chi connectivity index (χ4n) is 2.00. The molecule has 1 aromatic heterocycles. The molecule has 0 amide bonds. The highest BCUT2D eigenvalue weighted by atomic mass is 32.2. The van der Waals surface area contributed by atoms with E-state index < -0.39 is 5.97 Å². The number of aromatic nitrogens is 2. The first kappa shape index (κ1) is 10.5. The van der Waals surface area contributed by atoms with Gasteiger partial charge in [0.2, 0.25) is 0 Å². The van der Waals surface area contributed by atoms with Crippen molar-refractivity contribution in [3.63, 3.8) is 0 Å². The Morgan fingerprint density at radius 2 is 2.33 bits per heavy atom. The van der Waals surface area contributed by atoms with Crippen LogP contribution in [-0.2, 0) is 4.79 Å². The number of aliphatic carboxylic acids is 1. The maximum atomic E-state index is 10.5. The second kappa shape index (κ2) is 4.70. The van der Waals surface area contributed by atoms with E-state index in [4.69, 9.17) is 5.11 Å². The molecule has 0 atom stereocenters. The number of hydrogen-bond donors (Lipinski definition) is 1. The predicted molar refractivity (Wildman–Crippen MR) is 58.1 cm³/mol. The molecule has 0 spiro atoms. The molecule has 1 aliphatic carbocycles. The van der Waals surface area contributed by atoms with E-state index in [1.807, 2.05) is 6.20 Å². The van der Waals surface area contributed by atoms with Crippen LogP contribution in [0.3, 0.4) is 0 Å². The molecule has 0 unspecified atom stereocenters. The second-order valence-corrected chi connectivity index (χ2v) is 4.68. The highest BCUT2D eigenvalue weighted by Gasteiger charge is 2.19. The largest absolute Gasteiger partial charge is 0.481 e. The number of carboxylic acid groups (broad SMARTS) is 1. The summed E-state index contributed by atoms with van der Waals surface area (Å²) in [5.74, 6) is -0.704. The molecule has 1 fully saturated rings. The van der Waals surface area contributed by atoms with Crippen LogP contribution in [0.2, 0.25) is 0 Å². The summed E-state index contributed by atoms with van der Waals surface area (Å²) in [6.45, 7) is 0. The summed E-state index contributed by atoms with van der Waals surface area (Å²) in [7, 11) is 0. The first-order valence-corrected chi connectivity index (χ1v) is 6.13. The van der Waals surface area contributed by atoms with E-state index in [9.17, 15) is 4.79 Å². The second-order valence-electron chi connectivity index (χ2n) is 3.74. The number of carbonyl (C=O) groups is 1. The van der Waals surface area contributed by atoms with Crippen molar-refractivity contribution in [1.82, 2.24) is 9.55 Å². The van der Waals surface area contributed by atoms with Crippen molar-refractivity contribution in [2.24, 2.45) is 0 Å². The van der Waals surface area contributed by atoms with Gasteiger partial charge in [0.25, 0.3) is 0 Å². The Morgan fingerprint density at radius 3 is 3.00 bits per heavy atom. The monoisotopic (exact) mass is 226 g/mol. The predicted octanol–water partition coefficient (Wildman–Crippen LogP) is 2.17. The number of imidazole rings is 1. The molecule has 4 nitrogen and oxygen atoms in total. The summed E-state index contributed by atoms with van der Waals surface area (Å²) in [6, 6.07) is 0.531. The van der Waals surface area contributed by atoms with Crippen molar-refractivity contribution in [2.75, 3.05) is 5.75 Å². The SMILES string of the molecule is O=C(O)CSc1nccn1C1CCCC1. The molecule has 1 saturated carbocycles. The minimum atomic E-state index is -0.791. The van der Waals surface area contributed by atoms with Gasteiger partial charge < -0.3 is 9.67 Å². The van der Waals surface area contributed by atoms with Crippen LogP contribution in [0.15, 0.2) is 17.6 Å². The van der Waals surface area contributed by atoms with Crippen molar-refractivity contribution in [3.05, 3.63) is 12.4 Å². The molecule has 1 N–H and O–H groups in total. The third-order valence-corrected chi connectivity index (χ3v) is 3.64. The van der Waals surface area contributed by atoms with Gasteiger partial charge in [-0.05, 0) is 12.8 Å². The first-order valence-electron chi connectivity index (χ1n) is 5.15. The fourth-order valence-corrected chi connectivity index (χ4v) is 2.74.